The van der Waals surface area contributed by atoms with Gasteiger partial charge >= 0.3 is 0 Å². The highest BCUT2D eigenvalue weighted by molar-refractivity contribution is 7.92. The summed E-state index contributed by atoms with van der Waals surface area (Å²) in [5.41, 5.74) is 1.75. The fourth-order valence-electron chi connectivity index (χ4n) is 4.04. The van der Waals surface area contributed by atoms with Crippen LogP contribution in [0.25, 0.3) is 0 Å². The number of carbonyl (C=O) groups excluding carboxylic acids is 2. The third kappa shape index (κ3) is 7.09. The molecule has 0 saturated carbocycles. The lowest BCUT2D eigenvalue weighted by molar-refractivity contribution is -0.139. The van der Waals surface area contributed by atoms with E-state index in [9.17, 15) is 22.4 Å². The summed E-state index contributed by atoms with van der Waals surface area (Å²) < 4.78 is 53.0. The van der Waals surface area contributed by atoms with E-state index in [2.05, 4.69) is 5.32 Å². The predicted octanol–water partition coefficient (Wildman–Crippen LogP) is 3.90. The molecule has 0 aromatic heterocycles. The van der Waals surface area contributed by atoms with Gasteiger partial charge in [0, 0.05) is 19.2 Å². The first-order chi connectivity index (χ1) is 19.0. The van der Waals surface area contributed by atoms with Crippen LogP contribution >= 0.6 is 0 Å². The molecule has 0 spiro atoms. The fourth-order valence-corrected chi connectivity index (χ4v) is 5.47. The number of ether oxygens (including phenoxy) is 2. The largest absolute Gasteiger partial charge is 0.493 e. The van der Waals surface area contributed by atoms with Gasteiger partial charge in [-0.05, 0) is 62.7 Å². The molecule has 0 radical (unpaired) electrons. The van der Waals surface area contributed by atoms with Gasteiger partial charge < -0.3 is 19.7 Å². The van der Waals surface area contributed by atoms with Crippen LogP contribution in [0.1, 0.15) is 25.0 Å². The zero-order valence-electron chi connectivity index (χ0n) is 23.2. The van der Waals surface area contributed by atoms with Crippen molar-refractivity contribution in [3.05, 3.63) is 83.7 Å². The van der Waals surface area contributed by atoms with E-state index in [1.165, 1.54) is 61.6 Å². The number of sulfonamides is 1. The number of rotatable bonds is 12. The average Bonchev–Trinajstić information content (AvgIpc) is 2.95. The Morgan fingerprint density at radius 2 is 1.57 bits per heavy atom. The lowest BCUT2D eigenvalue weighted by atomic mass is 10.1. The van der Waals surface area contributed by atoms with Crippen LogP contribution in [0.15, 0.2) is 71.6 Å². The average molecular weight is 572 g/mol. The molecular weight excluding hydrogens is 537 g/mol. The molecule has 0 aliphatic carbocycles. The summed E-state index contributed by atoms with van der Waals surface area (Å²) in [5.74, 6) is -0.900. The number of carbonyl (C=O) groups is 2. The zero-order valence-corrected chi connectivity index (χ0v) is 24.0. The number of nitrogens with one attached hydrogen (secondary N) is 1. The Labute approximate surface area is 234 Å². The number of halogens is 1. The van der Waals surface area contributed by atoms with Crippen LogP contribution in [-0.4, -0.2) is 58.5 Å². The number of nitrogens with zero attached hydrogens (tertiary/aromatic N) is 2. The van der Waals surface area contributed by atoms with Crippen molar-refractivity contribution in [1.82, 2.24) is 10.2 Å². The summed E-state index contributed by atoms with van der Waals surface area (Å²) in [6.45, 7) is 4.91. The lowest BCUT2D eigenvalue weighted by Crippen LogP contribution is -2.51. The van der Waals surface area contributed by atoms with Gasteiger partial charge in [0.2, 0.25) is 11.8 Å². The number of methoxy groups -OCH3 is 2. The molecular formula is C29H34FN3O6S. The summed E-state index contributed by atoms with van der Waals surface area (Å²) in [6.07, 6.45) is 0. The quantitative estimate of drug-likeness (QED) is 0.354. The number of likely N-dealkylation sites (N-methyl/N-ethyl adjacent to an activating group) is 1. The molecule has 1 unspecified atom stereocenters. The van der Waals surface area contributed by atoms with Crippen molar-refractivity contribution in [2.24, 2.45) is 0 Å². The Kier molecular flexibility index (Phi) is 10.1. The molecule has 1 atom stereocenters. The summed E-state index contributed by atoms with van der Waals surface area (Å²) in [4.78, 5) is 27.8. The molecule has 0 aliphatic heterocycles. The van der Waals surface area contributed by atoms with Crippen LogP contribution in [-0.2, 0) is 26.2 Å². The van der Waals surface area contributed by atoms with Gasteiger partial charge in [-0.2, -0.15) is 0 Å². The first-order valence-electron chi connectivity index (χ1n) is 12.6. The molecule has 40 heavy (non-hydrogen) atoms. The van der Waals surface area contributed by atoms with Crippen LogP contribution in [0, 0.1) is 12.7 Å². The summed E-state index contributed by atoms with van der Waals surface area (Å²) in [7, 11) is -1.45. The molecule has 3 aromatic carbocycles. The standard InChI is InChI=1S/C29H34FN3O6S/c1-6-31-29(35)21(3)32(18-22-9-11-23(30)12-10-22)28(34)19-33(24-13-7-20(2)8-14-24)40(36,37)25-15-16-26(38-4)27(17-25)39-5/h7-17,21H,6,18-19H2,1-5H3,(H,31,35). The van der Waals surface area contributed by atoms with Crippen LogP contribution in [0.3, 0.4) is 0 Å². The molecule has 0 saturated heterocycles. The van der Waals surface area contributed by atoms with E-state index in [-0.39, 0.29) is 22.9 Å². The van der Waals surface area contributed by atoms with E-state index >= 15 is 0 Å². The molecule has 0 heterocycles. The van der Waals surface area contributed by atoms with Crippen molar-refractivity contribution in [2.45, 2.75) is 38.3 Å². The lowest BCUT2D eigenvalue weighted by Gasteiger charge is -2.32. The molecule has 214 valence electrons. The van der Waals surface area contributed by atoms with Crippen LogP contribution in [0.5, 0.6) is 11.5 Å². The fraction of sp³-hybridized carbons (Fsp3) is 0.310. The summed E-state index contributed by atoms with van der Waals surface area (Å²) in [5, 5.41) is 2.70. The van der Waals surface area contributed by atoms with E-state index in [0.29, 0.717) is 17.9 Å². The maximum Gasteiger partial charge on any atom is 0.264 e. The SMILES string of the molecule is CCNC(=O)C(C)N(Cc1ccc(F)cc1)C(=O)CN(c1ccc(C)cc1)S(=O)(=O)c1ccc(OC)c(OC)c1. The van der Waals surface area contributed by atoms with Gasteiger partial charge in [0.1, 0.15) is 18.4 Å². The van der Waals surface area contributed by atoms with Crippen molar-refractivity contribution < 1.29 is 31.9 Å². The van der Waals surface area contributed by atoms with Crippen LogP contribution in [0.2, 0.25) is 0 Å². The maximum absolute atomic E-state index is 14.0. The second-order valence-corrected chi connectivity index (χ2v) is 10.9. The van der Waals surface area contributed by atoms with Crippen LogP contribution < -0.4 is 19.1 Å². The van der Waals surface area contributed by atoms with Gasteiger partial charge in [-0.15, -0.1) is 0 Å². The minimum absolute atomic E-state index is 0.0322. The minimum Gasteiger partial charge on any atom is -0.493 e. The minimum atomic E-state index is -4.29. The Balaban J connectivity index is 2.06. The molecule has 11 heteroatoms. The molecule has 0 bridgehead atoms. The van der Waals surface area contributed by atoms with E-state index in [0.717, 1.165) is 9.87 Å². The number of hydrogen-bond acceptors (Lipinski definition) is 6. The topological polar surface area (TPSA) is 105 Å². The van der Waals surface area contributed by atoms with E-state index in [1.807, 2.05) is 6.92 Å². The van der Waals surface area contributed by atoms with Crippen molar-refractivity contribution in [3.8, 4) is 11.5 Å². The van der Waals surface area contributed by atoms with Crippen LogP contribution in [0.4, 0.5) is 10.1 Å². The van der Waals surface area contributed by atoms with Gasteiger partial charge in [-0.3, -0.25) is 13.9 Å². The third-order valence-corrected chi connectivity index (χ3v) is 8.10. The number of anilines is 1. The van der Waals surface area contributed by atoms with E-state index < -0.39 is 40.2 Å². The molecule has 2 amide bonds. The second kappa shape index (κ2) is 13.3. The Morgan fingerprint density at radius 3 is 2.15 bits per heavy atom. The third-order valence-electron chi connectivity index (χ3n) is 6.33. The number of aryl methyl sites for hydroxylation is 1. The Morgan fingerprint density at radius 1 is 0.950 bits per heavy atom. The molecule has 3 aromatic rings. The first kappa shape index (κ1) is 30.4. The molecule has 3 rings (SSSR count). The number of amides is 2. The number of hydrogen-bond donors (Lipinski definition) is 1. The highest BCUT2D eigenvalue weighted by Gasteiger charge is 2.33. The first-order valence-corrected chi connectivity index (χ1v) is 14.1. The smallest absolute Gasteiger partial charge is 0.264 e. The van der Waals surface area contributed by atoms with Crippen molar-refractivity contribution in [2.75, 3.05) is 31.6 Å². The van der Waals surface area contributed by atoms with Crippen molar-refractivity contribution in [3.63, 3.8) is 0 Å². The molecule has 9 nitrogen and oxygen atoms in total. The second-order valence-electron chi connectivity index (χ2n) is 9.08. The van der Waals surface area contributed by atoms with Gasteiger partial charge in [-0.25, -0.2) is 12.8 Å². The van der Waals surface area contributed by atoms with Gasteiger partial charge in [-0.1, -0.05) is 29.8 Å². The zero-order chi connectivity index (χ0) is 29.4. The van der Waals surface area contributed by atoms with Gasteiger partial charge in [0.25, 0.3) is 10.0 Å². The molecule has 0 fully saturated rings. The van der Waals surface area contributed by atoms with Crippen molar-refractivity contribution in [1.29, 1.82) is 0 Å². The normalized spacial score (nSPS) is 11.8. The van der Waals surface area contributed by atoms with Crippen molar-refractivity contribution >= 4 is 27.5 Å². The Bertz CT molecular complexity index is 1430. The highest BCUT2D eigenvalue weighted by atomic mass is 32.2. The molecule has 0 aliphatic rings. The van der Waals surface area contributed by atoms with E-state index in [1.54, 1.807) is 38.1 Å². The summed E-state index contributed by atoms with van der Waals surface area (Å²) in [6, 6.07) is 15.5. The monoisotopic (exact) mass is 571 g/mol. The molecule has 1 N–H and O–H groups in total. The highest BCUT2D eigenvalue weighted by Crippen LogP contribution is 2.32. The van der Waals surface area contributed by atoms with E-state index in [4.69, 9.17) is 9.47 Å². The predicted molar refractivity (Wildman–Crippen MR) is 150 cm³/mol. The van der Waals surface area contributed by atoms with Gasteiger partial charge in [0.15, 0.2) is 11.5 Å². The van der Waals surface area contributed by atoms with Gasteiger partial charge in [0.05, 0.1) is 24.8 Å². The number of benzene rings is 3. The summed E-state index contributed by atoms with van der Waals surface area (Å²) >= 11 is 0. The Hall–Kier alpha value is -4.12. The maximum atomic E-state index is 14.0.